The SMILES string of the molecule is COc1cc(C(=O)O)c(N)cc1OCCCCl. The highest BCUT2D eigenvalue weighted by Crippen LogP contribution is 2.32. The van der Waals surface area contributed by atoms with Crippen molar-refractivity contribution in [2.24, 2.45) is 0 Å². The van der Waals surface area contributed by atoms with E-state index in [0.717, 1.165) is 0 Å². The molecule has 0 unspecified atom stereocenters. The van der Waals surface area contributed by atoms with Gasteiger partial charge in [-0.05, 0) is 6.42 Å². The number of nitrogen functional groups attached to an aromatic ring is 1. The Hall–Kier alpha value is -1.62. The third-order valence-corrected chi connectivity index (χ3v) is 2.37. The first-order chi connectivity index (χ1) is 8.10. The molecule has 1 rings (SSSR count). The van der Waals surface area contributed by atoms with E-state index in [4.69, 9.17) is 31.9 Å². The van der Waals surface area contributed by atoms with Gasteiger partial charge in [0.2, 0.25) is 0 Å². The Morgan fingerprint density at radius 1 is 1.47 bits per heavy atom. The number of halogens is 1. The predicted octanol–water partition coefficient (Wildman–Crippen LogP) is 1.98. The van der Waals surface area contributed by atoms with Crippen LogP contribution in [0.15, 0.2) is 12.1 Å². The fourth-order valence-electron chi connectivity index (χ4n) is 1.27. The van der Waals surface area contributed by atoms with Crippen LogP contribution in [-0.2, 0) is 0 Å². The molecule has 0 aliphatic carbocycles. The Morgan fingerprint density at radius 3 is 2.71 bits per heavy atom. The molecular formula is C11H14ClNO4. The Bertz CT molecular complexity index is 409. The van der Waals surface area contributed by atoms with E-state index < -0.39 is 5.97 Å². The van der Waals surface area contributed by atoms with E-state index in [2.05, 4.69) is 0 Å². The van der Waals surface area contributed by atoms with E-state index >= 15 is 0 Å². The standard InChI is InChI=1S/C11H14ClNO4/c1-16-9-5-7(11(14)15)8(13)6-10(9)17-4-2-3-12/h5-6H,2-4,13H2,1H3,(H,14,15). The molecule has 1 aromatic rings. The number of alkyl halides is 1. The Labute approximate surface area is 104 Å². The first-order valence-electron chi connectivity index (χ1n) is 4.99. The van der Waals surface area contributed by atoms with Crippen LogP contribution in [0.1, 0.15) is 16.8 Å². The van der Waals surface area contributed by atoms with Crippen LogP contribution >= 0.6 is 11.6 Å². The summed E-state index contributed by atoms with van der Waals surface area (Å²) in [4.78, 5) is 10.9. The molecular weight excluding hydrogens is 246 g/mol. The number of carboxylic acids is 1. The number of aromatic carboxylic acids is 1. The fourth-order valence-corrected chi connectivity index (χ4v) is 1.38. The zero-order valence-corrected chi connectivity index (χ0v) is 10.2. The molecule has 0 aliphatic rings. The smallest absolute Gasteiger partial charge is 0.337 e. The lowest BCUT2D eigenvalue weighted by Crippen LogP contribution is -2.06. The minimum absolute atomic E-state index is 0.00783. The number of methoxy groups -OCH3 is 1. The van der Waals surface area contributed by atoms with E-state index in [1.54, 1.807) is 0 Å². The fraction of sp³-hybridized carbons (Fsp3) is 0.364. The van der Waals surface area contributed by atoms with Crippen LogP contribution in [0.2, 0.25) is 0 Å². The van der Waals surface area contributed by atoms with Gasteiger partial charge in [-0.25, -0.2) is 4.79 Å². The van der Waals surface area contributed by atoms with Crippen molar-refractivity contribution in [3.63, 3.8) is 0 Å². The summed E-state index contributed by atoms with van der Waals surface area (Å²) in [6.45, 7) is 0.422. The van der Waals surface area contributed by atoms with Crippen LogP contribution in [-0.4, -0.2) is 30.7 Å². The van der Waals surface area contributed by atoms with Gasteiger partial charge in [0.05, 0.1) is 25.0 Å². The summed E-state index contributed by atoms with van der Waals surface area (Å²) in [6.07, 6.45) is 0.686. The molecule has 17 heavy (non-hydrogen) atoms. The van der Waals surface area contributed by atoms with E-state index in [9.17, 15) is 4.79 Å². The highest BCUT2D eigenvalue weighted by Gasteiger charge is 2.14. The summed E-state index contributed by atoms with van der Waals surface area (Å²) < 4.78 is 10.4. The maximum atomic E-state index is 10.9. The third-order valence-electron chi connectivity index (χ3n) is 2.10. The second kappa shape index (κ2) is 6.20. The monoisotopic (exact) mass is 259 g/mol. The molecule has 0 saturated carbocycles. The van der Waals surface area contributed by atoms with Crippen LogP contribution in [0.4, 0.5) is 5.69 Å². The average molecular weight is 260 g/mol. The van der Waals surface area contributed by atoms with Crippen molar-refractivity contribution in [2.45, 2.75) is 6.42 Å². The third kappa shape index (κ3) is 3.42. The lowest BCUT2D eigenvalue weighted by molar-refractivity contribution is 0.0697. The van der Waals surface area contributed by atoms with Crippen molar-refractivity contribution in [1.82, 2.24) is 0 Å². The molecule has 0 fully saturated rings. The van der Waals surface area contributed by atoms with E-state index in [-0.39, 0.29) is 11.3 Å². The number of carbonyl (C=O) groups is 1. The molecule has 5 nitrogen and oxygen atoms in total. The number of benzene rings is 1. The number of anilines is 1. The normalized spacial score (nSPS) is 10.0. The van der Waals surface area contributed by atoms with E-state index in [1.165, 1.54) is 19.2 Å². The van der Waals surface area contributed by atoms with Crippen LogP contribution in [0, 0.1) is 0 Å². The van der Waals surface area contributed by atoms with Gasteiger partial charge in [0, 0.05) is 18.0 Å². The molecule has 0 atom stereocenters. The summed E-state index contributed by atoms with van der Waals surface area (Å²) in [6, 6.07) is 2.78. The highest BCUT2D eigenvalue weighted by molar-refractivity contribution is 6.17. The molecule has 6 heteroatoms. The van der Waals surface area contributed by atoms with Crippen molar-refractivity contribution >= 4 is 23.3 Å². The number of rotatable bonds is 6. The Morgan fingerprint density at radius 2 is 2.18 bits per heavy atom. The molecule has 0 saturated heterocycles. The van der Waals surface area contributed by atoms with Crippen molar-refractivity contribution in [2.75, 3.05) is 25.3 Å². The molecule has 0 aromatic heterocycles. The molecule has 0 amide bonds. The minimum Gasteiger partial charge on any atom is -0.493 e. The van der Waals surface area contributed by atoms with Gasteiger partial charge >= 0.3 is 5.97 Å². The van der Waals surface area contributed by atoms with E-state index in [1.807, 2.05) is 0 Å². The van der Waals surface area contributed by atoms with E-state index in [0.29, 0.717) is 30.4 Å². The Kier molecular flexibility index (Phi) is 4.90. The zero-order valence-electron chi connectivity index (χ0n) is 9.40. The van der Waals surface area contributed by atoms with Crippen LogP contribution in [0.5, 0.6) is 11.5 Å². The van der Waals surface area contributed by atoms with Crippen LogP contribution < -0.4 is 15.2 Å². The largest absolute Gasteiger partial charge is 0.493 e. The number of carboxylic acid groups (broad SMARTS) is 1. The molecule has 0 radical (unpaired) electrons. The first kappa shape index (κ1) is 13.4. The van der Waals surface area contributed by atoms with Crippen molar-refractivity contribution in [3.8, 4) is 11.5 Å². The highest BCUT2D eigenvalue weighted by atomic mass is 35.5. The van der Waals surface area contributed by atoms with Crippen molar-refractivity contribution in [3.05, 3.63) is 17.7 Å². The van der Waals surface area contributed by atoms with Gasteiger partial charge in [-0.3, -0.25) is 0 Å². The topological polar surface area (TPSA) is 81.8 Å². The molecule has 0 bridgehead atoms. The van der Waals surface area contributed by atoms with Gasteiger partial charge in [0.15, 0.2) is 11.5 Å². The lowest BCUT2D eigenvalue weighted by Gasteiger charge is -2.12. The number of ether oxygens (including phenoxy) is 2. The molecule has 3 N–H and O–H groups in total. The first-order valence-corrected chi connectivity index (χ1v) is 5.53. The molecule has 1 aromatic carbocycles. The molecule has 0 spiro atoms. The van der Waals surface area contributed by atoms with Gasteiger partial charge in [0.25, 0.3) is 0 Å². The number of nitrogens with two attached hydrogens (primary N) is 1. The molecule has 94 valence electrons. The number of hydrogen-bond donors (Lipinski definition) is 2. The zero-order chi connectivity index (χ0) is 12.8. The molecule has 0 heterocycles. The van der Waals surface area contributed by atoms with Gasteiger partial charge in [-0.1, -0.05) is 0 Å². The number of hydrogen-bond acceptors (Lipinski definition) is 4. The maximum Gasteiger partial charge on any atom is 0.337 e. The second-order valence-corrected chi connectivity index (χ2v) is 3.66. The Balaban J connectivity index is 2.97. The average Bonchev–Trinajstić information content (AvgIpc) is 2.29. The quantitative estimate of drug-likeness (QED) is 0.464. The van der Waals surface area contributed by atoms with Crippen molar-refractivity contribution < 1.29 is 19.4 Å². The summed E-state index contributed by atoms with van der Waals surface area (Å²) in [5, 5.41) is 8.90. The minimum atomic E-state index is -1.10. The summed E-state index contributed by atoms with van der Waals surface area (Å²) in [5.74, 6) is 0.143. The van der Waals surface area contributed by atoms with Gasteiger partial charge in [-0.15, -0.1) is 11.6 Å². The molecule has 0 aliphatic heterocycles. The maximum absolute atomic E-state index is 10.9. The van der Waals surface area contributed by atoms with Gasteiger partial charge in [-0.2, -0.15) is 0 Å². The summed E-state index contributed by atoms with van der Waals surface area (Å²) in [5.41, 5.74) is 5.74. The van der Waals surface area contributed by atoms with Gasteiger partial charge in [0.1, 0.15) is 0 Å². The van der Waals surface area contributed by atoms with Gasteiger partial charge < -0.3 is 20.3 Å². The lowest BCUT2D eigenvalue weighted by atomic mass is 10.1. The summed E-state index contributed by atoms with van der Waals surface area (Å²) >= 11 is 5.53. The second-order valence-electron chi connectivity index (χ2n) is 3.29. The predicted molar refractivity (Wildman–Crippen MR) is 65.2 cm³/mol. The van der Waals surface area contributed by atoms with Crippen LogP contribution in [0.25, 0.3) is 0 Å². The van der Waals surface area contributed by atoms with Crippen LogP contribution in [0.3, 0.4) is 0 Å². The van der Waals surface area contributed by atoms with Crippen molar-refractivity contribution in [1.29, 1.82) is 0 Å². The summed E-state index contributed by atoms with van der Waals surface area (Å²) in [7, 11) is 1.44.